The number of alkyl halides is 3. The summed E-state index contributed by atoms with van der Waals surface area (Å²) in [5.41, 5.74) is -0.904. The molecule has 0 saturated heterocycles. The van der Waals surface area contributed by atoms with Gasteiger partial charge in [-0.15, -0.1) is 0 Å². The van der Waals surface area contributed by atoms with E-state index in [1.807, 2.05) is 0 Å². The maximum Gasteiger partial charge on any atom is 0.418 e. The number of amidine groups is 1. The summed E-state index contributed by atoms with van der Waals surface area (Å²) in [7, 11) is 0. The molecule has 0 bridgehead atoms. The molecular formula is C13H14ClF3N2S. The summed E-state index contributed by atoms with van der Waals surface area (Å²) in [5.74, 6) is 0.413. The molecule has 7 heteroatoms. The molecular weight excluding hydrogens is 309 g/mol. The number of thioether (sulfide) groups is 1. The van der Waals surface area contributed by atoms with Crippen molar-refractivity contribution in [2.45, 2.75) is 25.3 Å². The Morgan fingerprint density at radius 1 is 1.40 bits per heavy atom. The van der Waals surface area contributed by atoms with Gasteiger partial charge in [0.15, 0.2) is 5.17 Å². The van der Waals surface area contributed by atoms with Crippen LogP contribution in [-0.4, -0.2) is 17.0 Å². The zero-order valence-electron chi connectivity index (χ0n) is 11.0. The van der Waals surface area contributed by atoms with E-state index >= 15 is 0 Å². The molecule has 1 unspecified atom stereocenters. The second-order valence-corrected chi connectivity index (χ2v) is 6.47. The zero-order valence-corrected chi connectivity index (χ0v) is 12.5. The van der Waals surface area contributed by atoms with Crippen molar-refractivity contribution in [1.29, 1.82) is 0 Å². The van der Waals surface area contributed by atoms with Crippen LogP contribution in [0.15, 0.2) is 23.2 Å². The molecule has 20 heavy (non-hydrogen) atoms. The smallest absolute Gasteiger partial charge is 0.333 e. The Balaban J connectivity index is 2.23. The molecule has 1 aliphatic heterocycles. The first-order valence-corrected chi connectivity index (χ1v) is 7.38. The highest BCUT2D eigenvalue weighted by Gasteiger charge is 2.35. The predicted molar refractivity (Wildman–Crippen MR) is 78.6 cm³/mol. The Hall–Kier alpha value is -0.880. The molecule has 1 heterocycles. The molecule has 0 amide bonds. The first kappa shape index (κ1) is 15.5. The second-order valence-electron chi connectivity index (χ2n) is 4.83. The summed E-state index contributed by atoms with van der Waals surface area (Å²) < 4.78 is 38.9. The minimum atomic E-state index is -4.45. The van der Waals surface area contributed by atoms with Gasteiger partial charge in [-0.3, -0.25) is 4.99 Å². The molecule has 1 N–H and O–H groups in total. The van der Waals surface area contributed by atoms with Crippen LogP contribution in [0.5, 0.6) is 0 Å². The largest absolute Gasteiger partial charge is 0.418 e. The highest BCUT2D eigenvalue weighted by Crippen LogP contribution is 2.39. The lowest BCUT2D eigenvalue weighted by atomic mass is 10.1. The number of hydrogen-bond acceptors (Lipinski definition) is 3. The van der Waals surface area contributed by atoms with Crippen molar-refractivity contribution < 1.29 is 13.2 Å². The molecule has 0 aromatic heterocycles. The van der Waals surface area contributed by atoms with Crippen molar-refractivity contribution in [2.24, 2.45) is 10.9 Å². The van der Waals surface area contributed by atoms with Crippen LogP contribution in [0.1, 0.15) is 19.4 Å². The third-order valence-electron chi connectivity index (χ3n) is 2.97. The molecule has 110 valence electrons. The van der Waals surface area contributed by atoms with Gasteiger partial charge < -0.3 is 5.32 Å². The van der Waals surface area contributed by atoms with Crippen LogP contribution in [0.2, 0.25) is 5.02 Å². The van der Waals surface area contributed by atoms with E-state index < -0.39 is 11.7 Å². The minimum Gasteiger partial charge on any atom is -0.333 e. The molecule has 1 aromatic carbocycles. The molecule has 2 rings (SSSR count). The summed E-state index contributed by atoms with van der Waals surface area (Å²) in [6.07, 6.45) is -4.45. The lowest BCUT2D eigenvalue weighted by molar-refractivity contribution is -0.136. The average molecular weight is 323 g/mol. The molecule has 0 fully saturated rings. The maximum atomic E-state index is 13.0. The highest BCUT2D eigenvalue weighted by atomic mass is 35.5. The average Bonchev–Trinajstić information content (AvgIpc) is 2.79. The van der Waals surface area contributed by atoms with E-state index in [0.717, 1.165) is 6.07 Å². The van der Waals surface area contributed by atoms with Gasteiger partial charge in [0.1, 0.15) is 0 Å². The predicted octanol–water partition coefficient (Wildman–Crippen LogP) is 4.90. The Morgan fingerprint density at radius 2 is 2.10 bits per heavy atom. The van der Waals surface area contributed by atoms with Crippen LogP contribution in [-0.2, 0) is 6.18 Å². The van der Waals surface area contributed by atoms with Gasteiger partial charge in [-0.1, -0.05) is 43.3 Å². The fourth-order valence-corrected chi connectivity index (χ4v) is 3.04. The Bertz CT molecular complexity index is 529. The van der Waals surface area contributed by atoms with Gasteiger partial charge >= 0.3 is 6.18 Å². The van der Waals surface area contributed by atoms with Crippen LogP contribution in [0.3, 0.4) is 0 Å². The summed E-state index contributed by atoms with van der Waals surface area (Å²) in [6, 6.07) is 3.73. The van der Waals surface area contributed by atoms with Gasteiger partial charge in [-0.2, -0.15) is 13.2 Å². The summed E-state index contributed by atoms with van der Waals surface area (Å²) in [5, 5.41) is 3.54. The van der Waals surface area contributed by atoms with Crippen LogP contribution < -0.4 is 5.32 Å². The second kappa shape index (κ2) is 5.85. The number of para-hydroxylation sites is 1. The van der Waals surface area contributed by atoms with E-state index in [4.69, 9.17) is 11.6 Å². The van der Waals surface area contributed by atoms with E-state index in [1.165, 1.54) is 23.9 Å². The quantitative estimate of drug-likeness (QED) is 0.837. The zero-order chi connectivity index (χ0) is 14.9. The van der Waals surface area contributed by atoms with E-state index in [-0.39, 0.29) is 16.0 Å². The molecule has 0 saturated carbocycles. The maximum absolute atomic E-state index is 13.0. The normalized spacial score (nSPS) is 19.4. The molecule has 0 aliphatic carbocycles. The number of nitrogens with one attached hydrogen (secondary N) is 1. The Labute approximate surface area is 124 Å². The minimum absolute atomic E-state index is 0.0381. The van der Waals surface area contributed by atoms with Crippen molar-refractivity contribution in [3.63, 3.8) is 0 Å². The third-order valence-corrected chi connectivity index (χ3v) is 4.74. The summed E-state index contributed by atoms with van der Waals surface area (Å²) in [6.45, 7) is 4.73. The number of rotatable bonds is 2. The van der Waals surface area contributed by atoms with E-state index in [9.17, 15) is 13.2 Å². The van der Waals surface area contributed by atoms with Crippen LogP contribution in [0, 0.1) is 5.92 Å². The first-order chi connectivity index (χ1) is 9.29. The van der Waals surface area contributed by atoms with E-state index in [1.54, 1.807) is 0 Å². The molecule has 1 aromatic rings. The van der Waals surface area contributed by atoms with Crippen LogP contribution in [0.4, 0.5) is 18.9 Å². The first-order valence-electron chi connectivity index (χ1n) is 6.13. The fraction of sp³-hybridized carbons (Fsp3) is 0.462. The van der Waals surface area contributed by atoms with Crippen molar-refractivity contribution in [3.8, 4) is 0 Å². The lowest BCUT2D eigenvalue weighted by Crippen LogP contribution is -2.15. The van der Waals surface area contributed by atoms with Crippen molar-refractivity contribution >= 4 is 34.2 Å². The fourth-order valence-electron chi connectivity index (χ4n) is 1.80. The van der Waals surface area contributed by atoms with Gasteiger partial charge in [0.2, 0.25) is 0 Å². The van der Waals surface area contributed by atoms with Gasteiger partial charge in [0.25, 0.3) is 0 Å². The van der Waals surface area contributed by atoms with Gasteiger partial charge in [-0.05, 0) is 18.1 Å². The number of halogens is 4. The number of anilines is 1. The highest BCUT2D eigenvalue weighted by molar-refractivity contribution is 8.15. The molecule has 0 spiro atoms. The molecule has 1 aliphatic rings. The van der Waals surface area contributed by atoms with Crippen molar-refractivity contribution in [1.82, 2.24) is 0 Å². The number of aliphatic imine (C=N–C) groups is 1. The van der Waals surface area contributed by atoms with Crippen LogP contribution >= 0.6 is 23.4 Å². The lowest BCUT2D eigenvalue weighted by Gasteiger charge is -2.16. The standard InChI is InChI=1S/C13H14ClF3N2S/c1-7(2)10-6-18-12(20-10)19-11-8(13(15,16)17)4-3-5-9(11)14/h3-5,7,10H,6H2,1-2H3,(H,18,19). The van der Waals surface area contributed by atoms with Crippen LogP contribution in [0.25, 0.3) is 0 Å². The number of hydrogen-bond donors (Lipinski definition) is 1. The molecule has 1 atom stereocenters. The Kier molecular flexibility index (Phi) is 4.54. The number of nitrogens with zero attached hydrogens (tertiary/aromatic N) is 1. The van der Waals surface area contributed by atoms with E-state index in [2.05, 4.69) is 24.2 Å². The van der Waals surface area contributed by atoms with Gasteiger partial charge in [0, 0.05) is 5.25 Å². The van der Waals surface area contributed by atoms with E-state index in [0.29, 0.717) is 17.6 Å². The molecule has 0 radical (unpaired) electrons. The Morgan fingerprint density at radius 3 is 2.65 bits per heavy atom. The SMILES string of the molecule is CC(C)C1CN=C(Nc2c(Cl)cccc2C(F)(F)F)S1. The number of benzene rings is 1. The molecule has 2 nitrogen and oxygen atoms in total. The summed E-state index contributed by atoms with van der Waals surface area (Å²) in [4.78, 5) is 4.24. The topological polar surface area (TPSA) is 24.4 Å². The van der Waals surface area contributed by atoms with Gasteiger partial charge in [0.05, 0.1) is 22.8 Å². The third kappa shape index (κ3) is 3.41. The van der Waals surface area contributed by atoms with Crippen molar-refractivity contribution in [3.05, 3.63) is 28.8 Å². The van der Waals surface area contributed by atoms with Gasteiger partial charge in [-0.25, -0.2) is 0 Å². The van der Waals surface area contributed by atoms with Crippen molar-refractivity contribution in [2.75, 3.05) is 11.9 Å². The monoisotopic (exact) mass is 322 g/mol. The summed E-state index contributed by atoms with van der Waals surface area (Å²) >= 11 is 7.34.